The molecule has 0 aliphatic rings. The molecule has 0 bridgehead atoms. The Hall–Kier alpha value is -1.16. The number of benzene rings is 1. The minimum atomic E-state index is -0.387. The largest absolute Gasteiger partial charge is 0.349 e. The molecule has 0 saturated heterocycles. The number of H-pyrrole nitrogens is 1. The Morgan fingerprint density at radius 2 is 2.23 bits per heavy atom. The molecule has 1 aromatic heterocycles. The van der Waals surface area contributed by atoms with E-state index in [1.165, 1.54) is 6.07 Å². The molecule has 1 heterocycles. The second kappa shape index (κ2) is 2.96. The molecule has 2 aromatic rings. The Morgan fingerprint density at radius 3 is 2.92 bits per heavy atom. The van der Waals surface area contributed by atoms with E-state index in [0.29, 0.717) is 27.4 Å². The normalized spacial score (nSPS) is 10.6. The van der Waals surface area contributed by atoms with E-state index in [2.05, 4.69) is 20.9 Å². The first kappa shape index (κ1) is 8.44. The molecule has 0 aliphatic carbocycles. The van der Waals surface area contributed by atoms with Crippen LogP contribution in [-0.2, 0) is 0 Å². The van der Waals surface area contributed by atoms with Gasteiger partial charge in [-0.2, -0.15) is 0 Å². The summed E-state index contributed by atoms with van der Waals surface area (Å²) in [6, 6.07) is 4.64. The van der Waals surface area contributed by atoms with Gasteiger partial charge in [0.2, 0.25) is 0 Å². The Balaban J connectivity index is 2.96. The molecule has 0 saturated carbocycles. The van der Waals surface area contributed by atoms with Crippen LogP contribution >= 0.6 is 15.9 Å². The molecule has 0 radical (unpaired) electrons. The summed E-state index contributed by atoms with van der Waals surface area (Å²) in [6.45, 7) is 0. The summed E-state index contributed by atoms with van der Waals surface area (Å²) in [4.78, 5) is 13.5. The van der Waals surface area contributed by atoms with Gasteiger partial charge in [0.05, 0.1) is 10.2 Å². The number of nitrogens with one attached hydrogen (secondary N) is 1. The van der Waals surface area contributed by atoms with Gasteiger partial charge < -0.3 is 4.98 Å². The minimum Gasteiger partial charge on any atom is -0.349 e. The van der Waals surface area contributed by atoms with E-state index < -0.39 is 0 Å². The van der Waals surface area contributed by atoms with Gasteiger partial charge in [0.25, 0.3) is 0 Å². The number of aldehydes is 1. The van der Waals surface area contributed by atoms with Gasteiger partial charge in [-0.25, -0.2) is 4.39 Å². The van der Waals surface area contributed by atoms with Crippen LogP contribution in [0.3, 0.4) is 0 Å². The first-order valence-electron chi connectivity index (χ1n) is 3.65. The molecule has 0 fully saturated rings. The number of carbonyl (C=O) groups is 1. The molecule has 66 valence electrons. The van der Waals surface area contributed by atoms with Crippen molar-refractivity contribution in [1.29, 1.82) is 0 Å². The fourth-order valence-corrected chi connectivity index (χ4v) is 1.81. The van der Waals surface area contributed by atoms with Crippen molar-refractivity contribution in [3.8, 4) is 0 Å². The van der Waals surface area contributed by atoms with Gasteiger partial charge in [0, 0.05) is 10.9 Å². The first-order chi connectivity index (χ1) is 6.24. The minimum absolute atomic E-state index is 0.327. The number of aromatic nitrogens is 1. The number of fused-ring (bicyclic) bond motifs is 1. The van der Waals surface area contributed by atoms with E-state index in [1.807, 2.05) is 0 Å². The van der Waals surface area contributed by atoms with Crippen LogP contribution in [-0.4, -0.2) is 11.3 Å². The third kappa shape index (κ3) is 1.18. The van der Waals surface area contributed by atoms with Crippen LogP contribution in [0.15, 0.2) is 22.8 Å². The molecule has 1 aromatic carbocycles. The summed E-state index contributed by atoms with van der Waals surface area (Å²) in [6.07, 6.45) is 0.631. The Labute approximate surface area is 81.9 Å². The maximum atomic E-state index is 13.2. The summed E-state index contributed by atoms with van der Waals surface area (Å²) < 4.78 is 13.8. The molecular weight excluding hydrogens is 237 g/mol. The molecule has 0 amide bonds. The lowest BCUT2D eigenvalue weighted by molar-refractivity contribution is 0.112. The zero-order valence-corrected chi connectivity index (χ0v) is 8.06. The number of carbonyl (C=O) groups excluding carboxylic acids is 1. The summed E-state index contributed by atoms with van der Waals surface area (Å²) >= 11 is 3.15. The molecule has 0 spiro atoms. The lowest BCUT2D eigenvalue weighted by atomic mass is 10.2. The monoisotopic (exact) mass is 241 g/mol. The summed E-state index contributed by atoms with van der Waals surface area (Å²) in [7, 11) is 0. The fraction of sp³-hybridized carbons (Fsp3) is 0. The number of hydrogen-bond donors (Lipinski definition) is 1. The van der Waals surface area contributed by atoms with Crippen molar-refractivity contribution in [3.63, 3.8) is 0 Å². The Kier molecular flexibility index (Phi) is 1.92. The highest BCUT2D eigenvalue weighted by Crippen LogP contribution is 2.26. The van der Waals surface area contributed by atoms with Crippen molar-refractivity contribution in [2.45, 2.75) is 0 Å². The first-order valence-corrected chi connectivity index (χ1v) is 4.44. The van der Waals surface area contributed by atoms with Crippen LogP contribution in [0.4, 0.5) is 4.39 Å². The molecule has 0 atom stereocenters. The second-order valence-corrected chi connectivity index (χ2v) is 3.43. The van der Waals surface area contributed by atoms with Crippen LogP contribution in [0, 0.1) is 5.82 Å². The van der Waals surface area contributed by atoms with Gasteiger partial charge in [-0.3, -0.25) is 4.79 Å². The predicted molar refractivity (Wildman–Crippen MR) is 51.3 cm³/mol. The van der Waals surface area contributed by atoms with Gasteiger partial charge in [-0.1, -0.05) is 6.07 Å². The highest BCUT2D eigenvalue weighted by molar-refractivity contribution is 9.10. The maximum Gasteiger partial charge on any atom is 0.153 e. The number of rotatable bonds is 1. The van der Waals surface area contributed by atoms with Crippen LogP contribution < -0.4 is 0 Å². The summed E-state index contributed by atoms with van der Waals surface area (Å²) in [5, 5.41) is 0.337. The number of halogens is 2. The lowest BCUT2D eigenvalue weighted by Gasteiger charge is -1.91. The van der Waals surface area contributed by atoms with Gasteiger partial charge in [0.1, 0.15) is 5.82 Å². The standard InChI is InChI=1S/C9H5BrFNO/c10-9-5(4-13)8-6(11)2-1-3-7(8)12-9/h1-4,12H. The molecule has 4 heteroatoms. The van der Waals surface area contributed by atoms with Crippen LogP contribution in [0.1, 0.15) is 10.4 Å². The van der Waals surface area contributed by atoms with E-state index in [0.717, 1.165) is 0 Å². The smallest absolute Gasteiger partial charge is 0.153 e. The van der Waals surface area contributed by atoms with Gasteiger partial charge in [0.15, 0.2) is 6.29 Å². The highest BCUT2D eigenvalue weighted by Gasteiger charge is 2.11. The van der Waals surface area contributed by atoms with E-state index in [-0.39, 0.29) is 5.82 Å². The number of aromatic amines is 1. The third-order valence-corrected chi connectivity index (χ3v) is 2.51. The average molecular weight is 242 g/mol. The van der Waals surface area contributed by atoms with E-state index in [1.54, 1.807) is 12.1 Å². The SMILES string of the molecule is O=Cc1c(Br)[nH]c2cccc(F)c12. The molecular formula is C9H5BrFNO. The second-order valence-electron chi connectivity index (χ2n) is 2.63. The summed E-state index contributed by atoms with van der Waals surface area (Å²) in [5.74, 6) is -0.387. The van der Waals surface area contributed by atoms with Crippen LogP contribution in [0.5, 0.6) is 0 Å². The van der Waals surface area contributed by atoms with E-state index >= 15 is 0 Å². The van der Waals surface area contributed by atoms with Crippen molar-refractivity contribution in [1.82, 2.24) is 4.98 Å². The Morgan fingerprint density at radius 1 is 1.46 bits per heavy atom. The van der Waals surface area contributed by atoms with Gasteiger partial charge >= 0.3 is 0 Å². The van der Waals surface area contributed by atoms with Gasteiger partial charge in [-0.05, 0) is 28.1 Å². The van der Waals surface area contributed by atoms with E-state index in [9.17, 15) is 9.18 Å². The quantitative estimate of drug-likeness (QED) is 0.766. The van der Waals surface area contributed by atoms with Crippen molar-refractivity contribution in [3.05, 3.63) is 34.2 Å². The molecule has 2 nitrogen and oxygen atoms in total. The predicted octanol–water partition coefficient (Wildman–Crippen LogP) is 2.88. The average Bonchev–Trinajstić information content (AvgIpc) is 2.42. The van der Waals surface area contributed by atoms with Crippen molar-refractivity contribution < 1.29 is 9.18 Å². The fourth-order valence-electron chi connectivity index (χ4n) is 1.31. The third-order valence-electron chi connectivity index (χ3n) is 1.88. The molecule has 2 rings (SSSR count). The maximum absolute atomic E-state index is 13.2. The van der Waals surface area contributed by atoms with Crippen LogP contribution in [0.25, 0.3) is 10.9 Å². The lowest BCUT2D eigenvalue weighted by Crippen LogP contribution is -1.80. The highest BCUT2D eigenvalue weighted by atomic mass is 79.9. The zero-order chi connectivity index (χ0) is 9.42. The zero-order valence-electron chi connectivity index (χ0n) is 6.47. The summed E-state index contributed by atoms with van der Waals surface area (Å²) in [5.41, 5.74) is 0.946. The van der Waals surface area contributed by atoms with Gasteiger partial charge in [-0.15, -0.1) is 0 Å². The van der Waals surface area contributed by atoms with Crippen LogP contribution in [0.2, 0.25) is 0 Å². The molecule has 0 aliphatic heterocycles. The van der Waals surface area contributed by atoms with Crippen molar-refractivity contribution in [2.75, 3.05) is 0 Å². The van der Waals surface area contributed by atoms with Crippen molar-refractivity contribution >= 4 is 33.1 Å². The molecule has 0 unspecified atom stereocenters. The van der Waals surface area contributed by atoms with Crippen molar-refractivity contribution in [2.24, 2.45) is 0 Å². The number of hydrogen-bond acceptors (Lipinski definition) is 1. The Bertz CT molecular complexity index is 478. The van der Waals surface area contributed by atoms with E-state index in [4.69, 9.17) is 0 Å². The molecule has 1 N–H and O–H groups in total. The topological polar surface area (TPSA) is 32.9 Å². The molecule has 13 heavy (non-hydrogen) atoms.